The second-order valence-corrected chi connectivity index (χ2v) is 6.53. The van der Waals surface area contributed by atoms with E-state index >= 15 is 0 Å². The Morgan fingerprint density at radius 1 is 1.27 bits per heavy atom. The van der Waals surface area contributed by atoms with Crippen LogP contribution >= 0.6 is 0 Å². The molecule has 2 rings (SSSR count). The van der Waals surface area contributed by atoms with E-state index in [1.807, 2.05) is 0 Å². The monoisotopic (exact) mass is 322 g/mol. The molecule has 0 saturated carbocycles. The first-order valence-corrected chi connectivity index (χ1v) is 8.24. The second-order valence-electron chi connectivity index (χ2n) is 4.76. The summed E-state index contributed by atoms with van der Waals surface area (Å²) in [5.74, 6) is -0.223. The van der Waals surface area contributed by atoms with Crippen molar-refractivity contribution in [3.8, 4) is 0 Å². The topological polar surface area (TPSA) is 93.1 Å². The molecule has 118 valence electrons. The van der Waals surface area contributed by atoms with Gasteiger partial charge in [0.2, 0.25) is 15.9 Å². The molecule has 0 aliphatic carbocycles. The van der Waals surface area contributed by atoms with Gasteiger partial charge in [0.25, 0.3) is 0 Å². The smallest absolute Gasteiger partial charge is 0.240 e. The number of amides is 1. The number of hydrogen-bond donors (Lipinski definition) is 2. The van der Waals surface area contributed by atoms with Crippen LogP contribution in [0.1, 0.15) is 12.0 Å². The van der Waals surface area contributed by atoms with Crippen molar-refractivity contribution in [2.24, 2.45) is 7.05 Å². The van der Waals surface area contributed by atoms with Crippen LogP contribution < -0.4 is 10.0 Å². The standard InChI is InChI=1S/C14H18N4O3S/c1-18-11-12(10-16-18)9-15-14(19)7-8-17-22(20,21)13-5-3-2-4-6-13/h2-6,10-11,17H,7-9H2,1H3,(H,15,19). The van der Waals surface area contributed by atoms with E-state index in [1.54, 1.807) is 42.3 Å². The number of sulfonamides is 1. The Labute approximate surface area is 129 Å². The van der Waals surface area contributed by atoms with E-state index in [2.05, 4.69) is 15.1 Å². The van der Waals surface area contributed by atoms with Gasteiger partial charge in [0.1, 0.15) is 0 Å². The molecule has 1 heterocycles. The second kappa shape index (κ2) is 7.19. The molecule has 0 fully saturated rings. The number of benzene rings is 1. The minimum absolute atomic E-state index is 0.0517. The fourth-order valence-corrected chi connectivity index (χ4v) is 2.89. The fourth-order valence-electron chi connectivity index (χ4n) is 1.83. The zero-order valence-corrected chi connectivity index (χ0v) is 13.0. The van der Waals surface area contributed by atoms with Gasteiger partial charge in [-0.05, 0) is 12.1 Å². The highest BCUT2D eigenvalue weighted by Gasteiger charge is 2.13. The lowest BCUT2D eigenvalue weighted by molar-refractivity contribution is -0.121. The summed E-state index contributed by atoms with van der Waals surface area (Å²) >= 11 is 0. The summed E-state index contributed by atoms with van der Waals surface area (Å²) in [5, 5.41) is 6.71. The van der Waals surface area contributed by atoms with Crippen LogP contribution in [0.5, 0.6) is 0 Å². The van der Waals surface area contributed by atoms with Crippen molar-refractivity contribution < 1.29 is 13.2 Å². The van der Waals surface area contributed by atoms with Gasteiger partial charge in [-0.3, -0.25) is 9.48 Å². The SMILES string of the molecule is Cn1cc(CNC(=O)CCNS(=O)(=O)c2ccccc2)cn1. The lowest BCUT2D eigenvalue weighted by Crippen LogP contribution is -2.30. The van der Waals surface area contributed by atoms with Crippen LogP contribution in [0, 0.1) is 0 Å². The van der Waals surface area contributed by atoms with Crippen molar-refractivity contribution >= 4 is 15.9 Å². The van der Waals surface area contributed by atoms with Crippen molar-refractivity contribution in [1.82, 2.24) is 19.8 Å². The van der Waals surface area contributed by atoms with E-state index in [-0.39, 0.29) is 23.8 Å². The predicted octanol–water partition coefficient (Wildman–Crippen LogP) is 0.405. The number of carbonyl (C=O) groups is 1. The average Bonchev–Trinajstić information content (AvgIpc) is 2.91. The molecular weight excluding hydrogens is 304 g/mol. The minimum atomic E-state index is -3.56. The molecule has 0 bridgehead atoms. The van der Waals surface area contributed by atoms with Crippen molar-refractivity contribution in [1.29, 1.82) is 0 Å². The minimum Gasteiger partial charge on any atom is -0.352 e. The predicted molar refractivity (Wildman–Crippen MR) is 81.3 cm³/mol. The molecule has 1 aromatic heterocycles. The highest BCUT2D eigenvalue weighted by Crippen LogP contribution is 2.06. The van der Waals surface area contributed by atoms with Crippen molar-refractivity contribution in [3.05, 3.63) is 48.3 Å². The van der Waals surface area contributed by atoms with Crippen LogP contribution in [0.2, 0.25) is 0 Å². The van der Waals surface area contributed by atoms with E-state index in [0.29, 0.717) is 6.54 Å². The summed E-state index contributed by atoms with van der Waals surface area (Å²) in [5.41, 5.74) is 0.890. The molecule has 0 aliphatic heterocycles. The number of aromatic nitrogens is 2. The Hall–Kier alpha value is -2.19. The first-order chi connectivity index (χ1) is 10.5. The molecule has 1 amide bonds. The number of nitrogens with zero attached hydrogens (tertiary/aromatic N) is 2. The van der Waals surface area contributed by atoms with Gasteiger partial charge in [-0.15, -0.1) is 0 Å². The van der Waals surface area contributed by atoms with Crippen LogP contribution in [0.4, 0.5) is 0 Å². The molecular formula is C14H18N4O3S. The highest BCUT2D eigenvalue weighted by molar-refractivity contribution is 7.89. The Balaban J connectivity index is 1.75. The maximum Gasteiger partial charge on any atom is 0.240 e. The van der Waals surface area contributed by atoms with Crippen molar-refractivity contribution in [2.75, 3.05) is 6.54 Å². The van der Waals surface area contributed by atoms with Crippen molar-refractivity contribution in [2.45, 2.75) is 17.9 Å². The molecule has 0 atom stereocenters. The molecule has 1 aromatic carbocycles. The number of nitrogens with one attached hydrogen (secondary N) is 2. The van der Waals surface area contributed by atoms with Gasteiger partial charge < -0.3 is 5.32 Å². The van der Waals surface area contributed by atoms with E-state index < -0.39 is 10.0 Å². The van der Waals surface area contributed by atoms with Crippen LogP contribution in [0.25, 0.3) is 0 Å². The van der Waals surface area contributed by atoms with Crippen LogP contribution in [-0.2, 0) is 28.4 Å². The Morgan fingerprint density at radius 3 is 2.64 bits per heavy atom. The highest BCUT2D eigenvalue weighted by atomic mass is 32.2. The molecule has 2 aromatic rings. The zero-order chi connectivity index (χ0) is 16.0. The molecule has 0 unspecified atom stereocenters. The van der Waals surface area contributed by atoms with Gasteiger partial charge in [0, 0.05) is 38.3 Å². The number of rotatable bonds is 7. The largest absolute Gasteiger partial charge is 0.352 e. The lowest BCUT2D eigenvalue weighted by atomic mass is 10.3. The summed E-state index contributed by atoms with van der Waals surface area (Å²) in [6.07, 6.45) is 3.54. The molecule has 7 nitrogen and oxygen atoms in total. The molecule has 8 heteroatoms. The van der Waals surface area contributed by atoms with E-state index in [9.17, 15) is 13.2 Å². The number of aryl methyl sites for hydroxylation is 1. The van der Waals surface area contributed by atoms with Gasteiger partial charge in [-0.2, -0.15) is 5.10 Å². The first kappa shape index (κ1) is 16.2. The van der Waals surface area contributed by atoms with E-state index in [4.69, 9.17) is 0 Å². The summed E-state index contributed by atoms with van der Waals surface area (Å²) in [4.78, 5) is 11.9. The van der Waals surface area contributed by atoms with Crippen LogP contribution in [0.3, 0.4) is 0 Å². The Bertz CT molecular complexity index is 726. The third-order valence-corrected chi connectivity index (χ3v) is 4.42. The van der Waals surface area contributed by atoms with Gasteiger partial charge >= 0.3 is 0 Å². The van der Waals surface area contributed by atoms with Gasteiger partial charge in [-0.25, -0.2) is 13.1 Å². The molecule has 0 spiro atoms. The van der Waals surface area contributed by atoms with E-state index in [1.165, 1.54) is 12.1 Å². The van der Waals surface area contributed by atoms with Crippen molar-refractivity contribution in [3.63, 3.8) is 0 Å². The van der Waals surface area contributed by atoms with Gasteiger partial charge in [0.15, 0.2) is 0 Å². The number of hydrogen-bond acceptors (Lipinski definition) is 4. The third-order valence-electron chi connectivity index (χ3n) is 2.95. The van der Waals surface area contributed by atoms with Crippen LogP contribution in [0.15, 0.2) is 47.6 Å². The third kappa shape index (κ3) is 4.68. The normalized spacial score (nSPS) is 11.3. The first-order valence-electron chi connectivity index (χ1n) is 6.76. The maximum absolute atomic E-state index is 11.9. The summed E-state index contributed by atoms with van der Waals surface area (Å²) in [6, 6.07) is 8.05. The summed E-state index contributed by atoms with van der Waals surface area (Å²) in [7, 11) is -1.77. The molecule has 0 aliphatic rings. The molecule has 0 radical (unpaired) electrons. The Morgan fingerprint density at radius 2 is 2.00 bits per heavy atom. The average molecular weight is 322 g/mol. The van der Waals surface area contributed by atoms with Gasteiger partial charge in [0.05, 0.1) is 11.1 Å². The molecule has 0 saturated heterocycles. The molecule has 22 heavy (non-hydrogen) atoms. The summed E-state index contributed by atoms with van der Waals surface area (Å²) < 4.78 is 27.9. The summed E-state index contributed by atoms with van der Waals surface area (Å²) in [6.45, 7) is 0.425. The van der Waals surface area contributed by atoms with Gasteiger partial charge in [-0.1, -0.05) is 18.2 Å². The zero-order valence-electron chi connectivity index (χ0n) is 12.2. The lowest BCUT2D eigenvalue weighted by Gasteiger charge is -2.07. The maximum atomic E-state index is 11.9. The molecule has 2 N–H and O–H groups in total. The van der Waals surface area contributed by atoms with E-state index in [0.717, 1.165) is 5.56 Å². The Kier molecular flexibility index (Phi) is 5.29. The number of carbonyl (C=O) groups excluding carboxylic acids is 1. The van der Waals surface area contributed by atoms with Crippen LogP contribution in [-0.4, -0.2) is 30.7 Å². The quantitative estimate of drug-likeness (QED) is 0.772. The fraction of sp³-hybridized carbons (Fsp3) is 0.286.